The molecule has 1 aromatic rings. The highest BCUT2D eigenvalue weighted by molar-refractivity contribution is 5.85. The zero-order valence-corrected chi connectivity index (χ0v) is 12.3. The molecule has 4 heteroatoms. The number of carbonyl (C=O) groups excluding carboxylic acids is 1. The maximum Gasteiger partial charge on any atom is 0.254 e. The summed E-state index contributed by atoms with van der Waals surface area (Å²) in [5.41, 5.74) is 6.24. The van der Waals surface area contributed by atoms with Crippen LogP contribution in [0.2, 0.25) is 0 Å². The second kappa shape index (κ2) is 6.37. The maximum atomic E-state index is 12.3. The molecule has 0 aliphatic carbocycles. The first-order valence-corrected chi connectivity index (χ1v) is 7.24. The first-order chi connectivity index (χ1) is 9.53. The summed E-state index contributed by atoms with van der Waals surface area (Å²) in [4.78, 5) is 14.2. The summed E-state index contributed by atoms with van der Waals surface area (Å²) in [6.07, 6.45) is 1.89. The van der Waals surface area contributed by atoms with Crippen LogP contribution in [0.15, 0.2) is 30.3 Å². The molecule has 110 valence electrons. The Morgan fingerprint density at radius 1 is 1.35 bits per heavy atom. The van der Waals surface area contributed by atoms with Crippen LogP contribution in [0.3, 0.4) is 0 Å². The third kappa shape index (κ3) is 3.58. The molecule has 0 saturated carbocycles. The Morgan fingerprint density at radius 3 is 2.70 bits per heavy atom. The number of nitrogens with zero attached hydrogens (tertiary/aromatic N) is 1. The monoisotopic (exact) mass is 276 g/mol. The lowest BCUT2D eigenvalue weighted by Crippen LogP contribution is -2.58. The predicted molar refractivity (Wildman–Crippen MR) is 79.3 cm³/mol. The molecule has 1 heterocycles. The standard InChI is InChI=1S/C16H24N2O2/c1-16(2)15(19)18(12-14(11-17)20-16)10-6-9-13-7-4-3-5-8-13/h3-5,7-8,14H,6,9-12,17H2,1-2H3. The minimum atomic E-state index is -0.755. The highest BCUT2D eigenvalue weighted by Gasteiger charge is 2.40. The molecule has 1 unspecified atom stereocenters. The lowest BCUT2D eigenvalue weighted by molar-refractivity contribution is -0.178. The molecule has 0 bridgehead atoms. The average Bonchev–Trinajstić information content (AvgIpc) is 2.44. The van der Waals surface area contributed by atoms with Crippen molar-refractivity contribution < 1.29 is 9.53 Å². The Balaban J connectivity index is 1.89. The van der Waals surface area contributed by atoms with E-state index >= 15 is 0 Å². The van der Waals surface area contributed by atoms with Crippen molar-refractivity contribution in [2.45, 2.75) is 38.4 Å². The summed E-state index contributed by atoms with van der Waals surface area (Å²) in [6, 6.07) is 10.3. The minimum absolute atomic E-state index is 0.0561. The van der Waals surface area contributed by atoms with E-state index in [9.17, 15) is 4.79 Å². The van der Waals surface area contributed by atoms with Gasteiger partial charge in [-0.3, -0.25) is 4.79 Å². The van der Waals surface area contributed by atoms with E-state index in [-0.39, 0.29) is 12.0 Å². The highest BCUT2D eigenvalue weighted by Crippen LogP contribution is 2.22. The number of carbonyl (C=O) groups is 1. The average molecular weight is 276 g/mol. The van der Waals surface area contributed by atoms with E-state index in [2.05, 4.69) is 12.1 Å². The third-order valence-electron chi connectivity index (χ3n) is 3.69. The van der Waals surface area contributed by atoms with Crippen LogP contribution in [-0.2, 0) is 16.0 Å². The molecule has 1 amide bonds. The summed E-state index contributed by atoms with van der Waals surface area (Å²) in [6.45, 7) is 5.46. The van der Waals surface area contributed by atoms with Crippen molar-refractivity contribution >= 4 is 5.91 Å². The summed E-state index contributed by atoms with van der Waals surface area (Å²) < 4.78 is 5.71. The van der Waals surface area contributed by atoms with Gasteiger partial charge in [0, 0.05) is 19.6 Å². The van der Waals surface area contributed by atoms with Gasteiger partial charge in [0.05, 0.1) is 6.10 Å². The van der Waals surface area contributed by atoms with Gasteiger partial charge in [-0.1, -0.05) is 30.3 Å². The number of amides is 1. The number of morpholine rings is 1. The molecule has 20 heavy (non-hydrogen) atoms. The first kappa shape index (κ1) is 15.0. The van der Waals surface area contributed by atoms with E-state index in [4.69, 9.17) is 10.5 Å². The second-order valence-electron chi connectivity index (χ2n) is 5.83. The van der Waals surface area contributed by atoms with E-state index in [1.807, 2.05) is 36.9 Å². The lowest BCUT2D eigenvalue weighted by atomic mass is 10.0. The molecule has 1 fully saturated rings. The van der Waals surface area contributed by atoms with Crippen molar-refractivity contribution in [3.8, 4) is 0 Å². The fourth-order valence-electron chi connectivity index (χ4n) is 2.65. The van der Waals surface area contributed by atoms with Gasteiger partial charge in [0.15, 0.2) is 0 Å². The number of rotatable bonds is 5. The summed E-state index contributed by atoms with van der Waals surface area (Å²) in [5.74, 6) is 0.0651. The molecule has 2 rings (SSSR count). The van der Waals surface area contributed by atoms with Crippen molar-refractivity contribution in [1.82, 2.24) is 4.90 Å². The zero-order chi connectivity index (χ0) is 14.6. The molecule has 4 nitrogen and oxygen atoms in total. The van der Waals surface area contributed by atoms with E-state index in [0.717, 1.165) is 19.4 Å². The van der Waals surface area contributed by atoms with Crippen LogP contribution in [0.4, 0.5) is 0 Å². The molecule has 0 aromatic heterocycles. The SMILES string of the molecule is CC1(C)OC(CN)CN(CCCc2ccccc2)C1=O. The third-order valence-corrected chi connectivity index (χ3v) is 3.69. The predicted octanol–water partition coefficient (Wildman–Crippen LogP) is 1.58. The Hall–Kier alpha value is -1.39. The smallest absolute Gasteiger partial charge is 0.254 e. The van der Waals surface area contributed by atoms with E-state index < -0.39 is 5.60 Å². The molecule has 0 radical (unpaired) electrons. The van der Waals surface area contributed by atoms with Gasteiger partial charge in [-0.25, -0.2) is 0 Å². The van der Waals surface area contributed by atoms with E-state index in [0.29, 0.717) is 13.1 Å². The minimum Gasteiger partial charge on any atom is -0.359 e. The zero-order valence-electron chi connectivity index (χ0n) is 12.3. The van der Waals surface area contributed by atoms with Gasteiger partial charge < -0.3 is 15.4 Å². The van der Waals surface area contributed by atoms with Crippen LogP contribution in [-0.4, -0.2) is 42.1 Å². The molecule has 1 saturated heterocycles. The van der Waals surface area contributed by atoms with Gasteiger partial charge in [0.2, 0.25) is 0 Å². The van der Waals surface area contributed by atoms with Gasteiger partial charge in [-0.15, -0.1) is 0 Å². The Bertz CT molecular complexity index is 445. The molecular weight excluding hydrogens is 252 g/mol. The van der Waals surface area contributed by atoms with Crippen molar-refractivity contribution in [3.05, 3.63) is 35.9 Å². The van der Waals surface area contributed by atoms with Crippen LogP contribution < -0.4 is 5.73 Å². The van der Waals surface area contributed by atoms with Crippen molar-refractivity contribution in [2.75, 3.05) is 19.6 Å². The summed E-state index contributed by atoms with van der Waals surface area (Å²) >= 11 is 0. The van der Waals surface area contributed by atoms with E-state index in [1.54, 1.807) is 0 Å². The Kier molecular flexibility index (Phi) is 4.78. The normalized spacial score (nSPS) is 22.1. The van der Waals surface area contributed by atoms with Gasteiger partial charge >= 0.3 is 0 Å². The largest absolute Gasteiger partial charge is 0.359 e. The highest BCUT2D eigenvalue weighted by atomic mass is 16.5. The number of aryl methyl sites for hydroxylation is 1. The molecule has 0 spiro atoms. The van der Waals surface area contributed by atoms with Crippen LogP contribution >= 0.6 is 0 Å². The number of nitrogens with two attached hydrogens (primary N) is 1. The summed E-state index contributed by atoms with van der Waals surface area (Å²) in [5, 5.41) is 0. The van der Waals surface area contributed by atoms with Crippen molar-refractivity contribution in [3.63, 3.8) is 0 Å². The van der Waals surface area contributed by atoms with Crippen molar-refractivity contribution in [2.24, 2.45) is 5.73 Å². The molecule has 1 atom stereocenters. The number of hydrogen-bond donors (Lipinski definition) is 1. The molecule has 1 aromatic carbocycles. The van der Waals surface area contributed by atoms with Crippen LogP contribution in [0.5, 0.6) is 0 Å². The number of ether oxygens (including phenoxy) is 1. The van der Waals surface area contributed by atoms with Crippen LogP contribution in [0.25, 0.3) is 0 Å². The van der Waals surface area contributed by atoms with Crippen LogP contribution in [0, 0.1) is 0 Å². The van der Waals surface area contributed by atoms with Gasteiger partial charge in [0.25, 0.3) is 5.91 Å². The number of benzene rings is 1. The summed E-state index contributed by atoms with van der Waals surface area (Å²) in [7, 11) is 0. The first-order valence-electron chi connectivity index (χ1n) is 7.24. The van der Waals surface area contributed by atoms with E-state index in [1.165, 1.54) is 5.56 Å². The molecular formula is C16H24N2O2. The maximum absolute atomic E-state index is 12.3. The Labute approximate surface area is 120 Å². The topological polar surface area (TPSA) is 55.6 Å². The van der Waals surface area contributed by atoms with Gasteiger partial charge in [0.1, 0.15) is 5.60 Å². The number of hydrogen-bond acceptors (Lipinski definition) is 3. The van der Waals surface area contributed by atoms with Gasteiger partial charge in [-0.2, -0.15) is 0 Å². The van der Waals surface area contributed by atoms with Crippen LogP contribution in [0.1, 0.15) is 25.8 Å². The fraction of sp³-hybridized carbons (Fsp3) is 0.562. The Morgan fingerprint density at radius 2 is 2.05 bits per heavy atom. The quantitative estimate of drug-likeness (QED) is 0.888. The molecule has 2 N–H and O–H groups in total. The fourth-order valence-corrected chi connectivity index (χ4v) is 2.65. The van der Waals surface area contributed by atoms with Gasteiger partial charge in [-0.05, 0) is 32.3 Å². The lowest BCUT2D eigenvalue weighted by Gasteiger charge is -2.41. The molecule has 1 aliphatic rings. The van der Waals surface area contributed by atoms with Crippen molar-refractivity contribution in [1.29, 1.82) is 0 Å². The second-order valence-corrected chi connectivity index (χ2v) is 5.83. The molecule has 1 aliphatic heterocycles.